The normalized spacial score (nSPS) is 25.2. The summed E-state index contributed by atoms with van der Waals surface area (Å²) in [5.74, 6) is -4.97. The lowest BCUT2D eigenvalue weighted by atomic mass is 9.89. The van der Waals surface area contributed by atoms with Crippen LogP contribution in [0.15, 0.2) is 11.5 Å². The molecule has 0 saturated heterocycles. The molecule has 10 heteroatoms. The third kappa shape index (κ3) is 8.42. The molecule has 1 aliphatic heterocycles. The third-order valence-corrected chi connectivity index (χ3v) is 10.1. The Morgan fingerprint density at radius 2 is 0.977 bits per heavy atom. The summed E-state index contributed by atoms with van der Waals surface area (Å²) in [6.07, 6.45) is 14.2. The molecule has 1 heterocycles. The molecule has 5 rings (SSSR count). The number of carbonyl (C=O) groups is 5. The Bertz CT molecular complexity index is 1070. The summed E-state index contributed by atoms with van der Waals surface area (Å²) >= 11 is 0. The summed E-state index contributed by atoms with van der Waals surface area (Å²) in [5.41, 5.74) is 0. The number of esters is 5. The standard InChI is InChI=1S/C34H48O10/c35-30(22-13-5-1-6-14-22)40-21-26(41-31(36)23-15-7-2-8-16-23)27-28(43-32(37)24-17-9-3-10-18-24)29(34(39)42-27)44-33(38)25-19-11-4-12-20-25/h22-27H,1-21H2/t26-,27+/m0/s1. The minimum absolute atomic E-state index is 0.240. The minimum Gasteiger partial charge on any atom is -0.461 e. The smallest absolute Gasteiger partial charge is 0.379 e. The largest absolute Gasteiger partial charge is 0.461 e. The summed E-state index contributed by atoms with van der Waals surface area (Å²) in [7, 11) is 0. The van der Waals surface area contributed by atoms with Crippen molar-refractivity contribution in [2.75, 3.05) is 6.61 Å². The van der Waals surface area contributed by atoms with E-state index in [9.17, 15) is 24.0 Å². The van der Waals surface area contributed by atoms with Gasteiger partial charge in [-0.25, -0.2) is 4.79 Å². The lowest BCUT2D eigenvalue weighted by Crippen LogP contribution is -2.41. The van der Waals surface area contributed by atoms with E-state index in [1.165, 1.54) is 0 Å². The van der Waals surface area contributed by atoms with Crippen LogP contribution < -0.4 is 0 Å². The van der Waals surface area contributed by atoms with Crippen LogP contribution in [-0.4, -0.2) is 48.7 Å². The molecule has 244 valence electrons. The molecule has 0 bridgehead atoms. The molecular weight excluding hydrogens is 568 g/mol. The summed E-state index contributed by atoms with van der Waals surface area (Å²) in [6, 6.07) is 0. The number of carbonyl (C=O) groups excluding carboxylic acids is 5. The molecule has 4 saturated carbocycles. The van der Waals surface area contributed by atoms with Gasteiger partial charge in [0.05, 0.1) is 23.7 Å². The van der Waals surface area contributed by atoms with Gasteiger partial charge in [0.25, 0.3) is 5.76 Å². The van der Waals surface area contributed by atoms with Gasteiger partial charge in [0, 0.05) is 0 Å². The van der Waals surface area contributed by atoms with Gasteiger partial charge in [-0.15, -0.1) is 0 Å². The molecule has 0 unspecified atom stereocenters. The van der Waals surface area contributed by atoms with E-state index in [0.29, 0.717) is 38.5 Å². The molecule has 0 spiro atoms. The first-order valence-corrected chi connectivity index (χ1v) is 17.2. The van der Waals surface area contributed by atoms with Crippen LogP contribution in [-0.2, 0) is 47.7 Å². The summed E-state index contributed by atoms with van der Waals surface area (Å²) in [5, 5.41) is 0. The molecule has 0 aromatic carbocycles. The van der Waals surface area contributed by atoms with Gasteiger partial charge in [0.15, 0.2) is 6.10 Å². The number of rotatable bonds is 10. The van der Waals surface area contributed by atoms with E-state index in [2.05, 4.69) is 0 Å². The van der Waals surface area contributed by atoms with Crippen molar-refractivity contribution >= 4 is 29.8 Å². The van der Waals surface area contributed by atoms with E-state index in [0.717, 1.165) is 89.9 Å². The molecule has 5 aliphatic rings. The van der Waals surface area contributed by atoms with Gasteiger partial charge in [-0.2, -0.15) is 0 Å². The summed E-state index contributed by atoms with van der Waals surface area (Å²) < 4.78 is 28.7. The highest BCUT2D eigenvalue weighted by atomic mass is 16.7. The highest BCUT2D eigenvalue weighted by Gasteiger charge is 2.48. The average Bonchev–Trinajstić information content (AvgIpc) is 3.37. The van der Waals surface area contributed by atoms with Crippen LogP contribution in [0, 0.1) is 23.7 Å². The van der Waals surface area contributed by atoms with Crippen molar-refractivity contribution in [1.29, 1.82) is 0 Å². The lowest BCUT2D eigenvalue weighted by molar-refractivity contribution is -0.177. The first-order valence-electron chi connectivity index (χ1n) is 17.2. The quantitative estimate of drug-likeness (QED) is 0.213. The van der Waals surface area contributed by atoms with Gasteiger partial charge in [0.1, 0.15) is 6.61 Å². The molecule has 0 aromatic heterocycles. The van der Waals surface area contributed by atoms with Crippen LogP contribution in [0.5, 0.6) is 0 Å². The van der Waals surface area contributed by atoms with Crippen molar-refractivity contribution in [3.63, 3.8) is 0 Å². The maximum absolute atomic E-state index is 13.3. The van der Waals surface area contributed by atoms with Crippen LogP contribution in [0.4, 0.5) is 0 Å². The molecule has 44 heavy (non-hydrogen) atoms. The molecule has 0 amide bonds. The summed E-state index contributed by atoms with van der Waals surface area (Å²) in [4.78, 5) is 66.0. The van der Waals surface area contributed by atoms with E-state index in [1.54, 1.807) is 0 Å². The maximum Gasteiger partial charge on any atom is 0.379 e. The van der Waals surface area contributed by atoms with Gasteiger partial charge in [0.2, 0.25) is 11.9 Å². The number of hydrogen-bond acceptors (Lipinski definition) is 10. The first-order chi connectivity index (χ1) is 21.4. The zero-order valence-electron chi connectivity index (χ0n) is 25.9. The molecule has 0 aromatic rings. The fourth-order valence-corrected chi connectivity index (χ4v) is 7.33. The Hall–Kier alpha value is -2.91. The molecule has 4 aliphatic carbocycles. The van der Waals surface area contributed by atoms with Gasteiger partial charge in [-0.1, -0.05) is 77.0 Å². The van der Waals surface area contributed by atoms with Gasteiger partial charge >= 0.3 is 29.8 Å². The van der Waals surface area contributed by atoms with Gasteiger partial charge in [-0.3, -0.25) is 19.2 Å². The molecule has 4 fully saturated rings. The van der Waals surface area contributed by atoms with Gasteiger partial charge < -0.3 is 23.7 Å². The molecule has 0 radical (unpaired) electrons. The van der Waals surface area contributed by atoms with E-state index in [1.807, 2.05) is 0 Å². The monoisotopic (exact) mass is 616 g/mol. The van der Waals surface area contributed by atoms with Crippen molar-refractivity contribution < 1.29 is 47.7 Å². The SMILES string of the molecule is O=C1O[C@H]([C@H](COC(=O)C2CCCCC2)OC(=O)C2CCCCC2)C(OC(=O)C2CCCCC2)=C1OC(=O)C1CCCCC1. The van der Waals surface area contributed by atoms with Crippen LogP contribution in [0.2, 0.25) is 0 Å². The second kappa shape index (κ2) is 15.9. The Morgan fingerprint density at radius 3 is 1.45 bits per heavy atom. The fourth-order valence-electron chi connectivity index (χ4n) is 7.33. The van der Waals surface area contributed by atoms with Crippen molar-refractivity contribution in [2.24, 2.45) is 23.7 Å². The minimum atomic E-state index is -1.39. The van der Waals surface area contributed by atoms with Crippen molar-refractivity contribution in [3.8, 4) is 0 Å². The summed E-state index contributed by atoms with van der Waals surface area (Å²) in [6.45, 7) is -0.375. The Kier molecular flexibility index (Phi) is 11.7. The highest BCUT2D eigenvalue weighted by Crippen LogP contribution is 2.35. The average molecular weight is 617 g/mol. The van der Waals surface area contributed by atoms with E-state index in [4.69, 9.17) is 23.7 Å². The maximum atomic E-state index is 13.3. The molecular formula is C34H48O10. The van der Waals surface area contributed by atoms with Crippen molar-refractivity contribution in [2.45, 2.75) is 141 Å². The second-order valence-electron chi connectivity index (χ2n) is 13.3. The molecule has 10 nitrogen and oxygen atoms in total. The van der Waals surface area contributed by atoms with Crippen molar-refractivity contribution in [3.05, 3.63) is 11.5 Å². The van der Waals surface area contributed by atoms with Crippen LogP contribution in [0.1, 0.15) is 128 Å². The Balaban J connectivity index is 1.39. The molecule has 0 N–H and O–H groups in total. The number of cyclic esters (lactones) is 1. The second-order valence-corrected chi connectivity index (χ2v) is 13.3. The number of hydrogen-bond donors (Lipinski definition) is 0. The zero-order chi connectivity index (χ0) is 30.9. The van der Waals surface area contributed by atoms with Gasteiger partial charge in [-0.05, 0) is 51.4 Å². The van der Waals surface area contributed by atoms with Crippen LogP contribution in [0.25, 0.3) is 0 Å². The van der Waals surface area contributed by atoms with E-state index < -0.39 is 41.8 Å². The van der Waals surface area contributed by atoms with Crippen LogP contribution in [0.3, 0.4) is 0 Å². The topological polar surface area (TPSA) is 132 Å². The first kappa shape index (κ1) is 32.5. The van der Waals surface area contributed by atoms with Crippen LogP contribution >= 0.6 is 0 Å². The fraction of sp³-hybridized carbons (Fsp3) is 0.794. The highest BCUT2D eigenvalue weighted by molar-refractivity contribution is 5.93. The Morgan fingerprint density at radius 1 is 0.568 bits per heavy atom. The predicted molar refractivity (Wildman–Crippen MR) is 156 cm³/mol. The molecule has 2 atom stereocenters. The zero-order valence-corrected chi connectivity index (χ0v) is 25.9. The predicted octanol–water partition coefficient (Wildman–Crippen LogP) is 5.99. The number of ether oxygens (including phenoxy) is 5. The third-order valence-electron chi connectivity index (χ3n) is 10.1. The van der Waals surface area contributed by atoms with E-state index >= 15 is 0 Å². The van der Waals surface area contributed by atoms with E-state index in [-0.39, 0.29) is 42.0 Å². The Labute approximate surface area is 259 Å². The van der Waals surface area contributed by atoms with Crippen molar-refractivity contribution in [1.82, 2.24) is 0 Å². The lowest BCUT2D eigenvalue weighted by Gasteiger charge is -2.28.